The summed E-state index contributed by atoms with van der Waals surface area (Å²) in [6.07, 6.45) is 1.19. The maximum Gasteiger partial charge on any atom is 0.0814 e. The number of nitrogens with one attached hydrogen (secondary N) is 1. The second kappa shape index (κ2) is 3.60. The Hall–Kier alpha value is 0.415. The van der Waals surface area contributed by atoms with E-state index in [9.17, 15) is 0 Å². The van der Waals surface area contributed by atoms with Gasteiger partial charge in [-0.05, 0) is 8.73 Å². The van der Waals surface area contributed by atoms with Crippen molar-refractivity contribution in [1.82, 2.24) is 5.25 Å². The highest BCUT2D eigenvalue weighted by molar-refractivity contribution is 7.35. The van der Waals surface area contributed by atoms with E-state index < -0.39 is 0 Å². The maximum atomic E-state index is 4.71. The van der Waals surface area contributed by atoms with Crippen molar-refractivity contribution < 1.29 is 4.84 Å². The van der Waals surface area contributed by atoms with Crippen LogP contribution in [0.3, 0.4) is 0 Å². The molecule has 0 aromatic rings. The zero-order valence-electron chi connectivity index (χ0n) is 2.82. The molecule has 0 aliphatic carbocycles. The minimum absolute atomic E-state index is 0. The summed E-state index contributed by atoms with van der Waals surface area (Å²) in [6, 6.07) is 0. The minimum atomic E-state index is 0. The van der Waals surface area contributed by atoms with Gasteiger partial charge in [0, 0.05) is 6.16 Å². The van der Waals surface area contributed by atoms with Crippen LogP contribution in [0.25, 0.3) is 0 Å². The van der Waals surface area contributed by atoms with Crippen LogP contribution in [0, 0.1) is 0 Å². The first-order chi connectivity index (χ1) is 2.50. The van der Waals surface area contributed by atoms with Gasteiger partial charge >= 0.3 is 0 Å². The highest BCUT2D eigenvalue weighted by Gasteiger charge is 1.93. The molecule has 1 unspecified atom stereocenters. The Bertz CT molecular complexity index is 25.1. The molecule has 4 heteroatoms. The molecule has 0 radical (unpaired) electrons. The molecule has 0 spiro atoms. The summed E-state index contributed by atoms with van der Waals surface area (Å²) in [4.78, 5) is 4.71. The van der Waals surface area contributed by atoms with E-state index in [4.69, 9.17) is 4.84 Å². The average molecular weight is 105 g/mol. The van der Waals surface area contributed by atoms with Gasteiger partial charge in [0.25, 0.3) is 0 Å². The highest BCUT2D eigenvalue weighted by Crippen LogP contribution is 2.07. The van der Waals surface area contributed by atoms with Crippen molar-refractivity contribution in [3.05, 3.63) is 0 Å². The Morgan fingerprint density at radius 3 is 2.67 bits per heavy atom. The molecule has 0 saturated carbocycles. The van der Waals surface area contributed by atoms with Crippen LogP contribution in [-0.4, -0.2) is 21.2 Å². The van der Waals surface area contributed by atoms with Gasteiger partial charge in [0.05, 0.1) is 15.0 Å². The molecule has 0 aromatic carbocycles. The van der Waals surface area contributed by atoms with Crippen LogP contribution in [-0.2, 0) is 4.84 Å². The van der Waals surface area contributed by atoms with Crippen molar-refractivity contribution >= 4 is 17.1 Å². The van der Waals surface area contributed by atoms with Crippen LogP contribution >= 0.6 is 8.73 Å². The second-order valence-electron chi connectivity index (χ2n) is 0.877. The molecule has 6 heavy (non-hydrogen) atoms. The Kier molecular flexibility index (Phi) is 3.85. The lowest BCUT2D eigenvalue weighted by atomic mass is 10.8. The molecule has 1 aliphatic heterocycles. The fraction of sp³-hybridized carbons (Fsp3) is 1.00. The van der Waals surface area contributed by atoms with E-state index in [-0.39, 0.29) is 8.41 Å². The standard InChI is InChI=1S/C2H6NOP.BH3/c1-2-5-3-4-1;/h3,5H,1-2H2;1H3. The molecule has 0 aromatic heterocycles. The summed E-state index contributed by atoms with van der Waals surface area (Å²) >= 11 is 0. The van der Waals surface area contributed by atoms with E-state index in [1.807, 2.05) is 0 Å². The lowest BCUT2D eigenvalue weighted by Crippen LogP contribution is -1.90. The predicted molar refractivity (Wildman–Crippen MR) is 32.2 cm³/mol. The van der Waals surface area contributed by atoms with Gasteiger partial charge in [-0.15, -0.1) is 0 Å². The van der Waals surface area contributed by atoms with Gasteiger partial charge < -0.3 is 0 Å². The number of hydrogen-bond donors (Lipinski definition) is 1. The highest BCUT2D eigenvalue weighted by atomic mass is 31.1. The van der Waals surface area contributed by atoms with E-state index in [1.54, 1.807) is 0 Å². The van der Waals surface area contributed by atoms with E-state index in [0.29, 0.717) is 0 Å². The lowest BCUT2D eigenvalue weighted by molar-refractivity contribution is 0.132. The van der Waals surface area contributed by atoms with Crippen molar-refractivity contribution in [3.63, 3.8) is 0 Å². The quantitative estimate of drug-likeness (QED) is 0.313. The Morgan fingerprint density at radius 1 is 1.67 bits per heavy atom. The first kappa shape index (κ1) is 6.41. The second-order valence-corrected chi connectivity index (χ2v) is 1.93. The fourth-order valence-corrected chi connectivity index (χ4v) is 0.765. The van der Waals surface area contributed by atoms with E-state index in [0.717, 1.165) is 15.3 Å². The van der Waals surface area contributed by atoms with Crippen LogP contribution in [0.4, 0.5) is 0 Å². The van der Waals surface area contributed by atoms with E-state index >= 15 is 0 Å². The lowest BCUT2D eigenvalue weighted by Gasteiger charge is -1.79. The van der Waals surface area contributed by atoms with Crippen LogP contribution in [0.1, 0.15) is 0 Å². The summed E-state index contributed by atoms with van der Waals surface area (Å²) < 4.78 is 0. The Morgan fingerprint density at radius 2 is 2.50 bits per heavy atom. The van der Waals surface area contributed by atoms with Crippen molar-refractivity contribution in [2.24, 2.45) is 0 Å². The third-order valence-corrected chi connectivity index (χ3v) is 1.22. The molecular formula is C2H9BNOP. The minimum Gasteiger partial charge on any atom is -0.298 e. The first-order valence-corrected chi connectivity index (χ1v) is 2.80. The third kappa shape index (κ3) is 1.76. The molecule has 1 saturated heterocycles. The van der Waals surface area contributed by atoms with E-state index in [2.05, 4.69) is 5.25 Å². The van der Waals surface area contributed by atoms with Gasteiger partial charge in [0.15, 0.2) is 0 Å². The molecule has 1 heterocycles. The molecule has 1 rings (SSSR count). The van der Waals surface area contributed by atoms with Crippen molar-refractivity contribution in [3.8, 4) is 0 Å². The van der Waals surface area contributed by atoms with Crippen molar-refractivity contribution in [2.75, 3.05) is 12.8 Å². The van der Waals surface area contributed by atoms with Gasteiger partial charge in [-0.25, -0.2) is 0 Å². The predicted octanol–water partition coefficient (Wildman–Crippen LogP) is -1.07. The topological polar surface area (TPSA) is 21.3 Å². The van der Waals surface area contributed by atoms with Crippen LogP contribution < -0.4 is 5.25 Å². The van der Waals surface area contributed by atoms with Gasteiger partial charge in [-0.3, -0.25) is 4.84 Å². The summed E-state index contributed by atoms with van der Waals surface area (Å²) in [5.74, 6) is 0. The molecule has 1 N–H and O–H groups in total. The summed E-state index contributed by atoms with van der Waals surface area (Å²) in [6.45, 7) is 0.901. The Labute approximate surface area is 41.0 Å². The molecule has 2 nitrogen and oxygen atoms in total. The van der Waals surface area contributed by atoms with Gasteiger partial charge in [-0.2, -0.15) is 5.25 Å². The summed E-state index contributed by atoms with van der Waals surface area (Å²) in [5, 5.41) is 2.75. The maximum absolute atomic E-state index is 4.71. The smallest absolute Gasteiger partial charge is 0.0814 e. The summed E-state index contributed by atoms with van der Waals surface area (Å²) in [5.41, 5.74) is 0. The largest absolute Gasteiger partial charge is 0.298 e. The molecule has 1 aliphatic rings. The van der Waals surface area contributed by atoms with Crippen molar-refractivity contribution in [2.45, 2.75) is 0 Å². The monoisotopic (exact) mass is 105 g/mol. The van der Waals surface area contributed by atoms with Crippen molar-refractivity contribution in [1.29, 1.82) is 0 Å². The first-order valence-electron chi connectivity index (χ1n) is 1.60. The molecule has 0 amide bonds. The van der Waals surface area contributed by atoms with E-state index in [1.165, 1.54) is 6.16 Å². The van der Waals surface area contributed by atoms with Crippen LogP contribution in [0.2, 0.25) is 0 Å². The molecule has 36 valence electrons. The average Bonchev–Trinajstić information content (AvgIpc) is 1.76. The summed E-state index contributed by atoms with van der Waals surface area (Å²) in [7, 11) is 0.836. The zero-order chi connectivity index (χ0) is 3.54. The van der Waals surface area contributed by atoms with Gasteiger partial charge in [-0.1, -0.05) is 0 Å². The molecule has 1 fully saturated rings. The van der Waals surface area contributed by atoms with Crippen LogP contribution in [0.5, 0.6) is 0 Å². The van der Waals surface area contributed by atoms with Crippen LogP contribution in [0.15, 0.2) is 0 Å². The normalized spacial score (nSPS) is 24.0. The molecular weight excluding hydrogens is 95.8 g/mol. The molecule has 0 bridgehead atoms. The number of hydrogen-bond acceptors (Lipinski definition) is 2. The zero-order valence-corrected chi connectivity index (χ0v) is 3.82. The Balaban J connectivity index is 0.000000250. The number of rotatable bonds is 0. The third-order valence-electron chi connectivity index (χ3n) is 0.473. The van der Waals surface area contributed by atoms with Gasteiger partial charge in [0.1, 0.15) is 0 Å². The fourth-order valence-electron chi connectivity index (χ4n) is 0.255. The van der Waals surface area contributed by atoms with Gasteiger partial charge in [0.2, 0.25) is 0 Å². The molecule has 1 atom stereocenters. The SMILES string of the molecule is B.C1CPNO1.